The second-order valence-corrected chi connectivity index (χ2v) is 5.20. The minimum absolute atomic E-state index is 0.419. The fourth-order valence-corrected chi connectivity index (χ4v) is 2.16. The summed E-state index contributed by atoms with van der Waals surface area (Å²) in [7, 11) is 0. The number of carbonyl (C=O) groups excluding carboxylic acids is 2. The second-order valence-electron chi connectivity index (χ2n) is 5.20. The van der Waals surface area contributed by atoms with Crippen molar-refractivity contribution in [2.24, 2.45) is 0 Å². The van der Waals surface area contributed by atoms with Gasteiger partial charge in [-0.3, -0.25) is 9.59 Å². The van der Waals surface area contributed by atoms with Crippen molar-refractivity contribution < 1.29 is 9.59 Å². The van der Waals surface area contributed by atoms with Gasteiger partial charge in [-0.25, -0.2) is 0 Å². The molecule has 0 amide bonds. The van der Waals surface area contributed by atoms with Crippen molar-refractivity contribution in [3.8, 4) is 0 Å². The number of ketones is 2. The lowest BCUT2D eigenvalue weighted by molar-refractivity contribution is -0.120. The van der Waals surface area contributed by atoms with Gasteiger partial charge in [0.15, 0.2) is 0 Å². The highest BCUT2D eigenvalue weighted by atomic mass is 16.1. The maximum Gasteiger partial charge on any atom is 0.132 e. The molecule has 0 fully saturated rings. The molecule has 0 aromatic heterocycles. The SMILES string of the molecule is CCCC(=O)CCCCCCCCC(=O)CCC. The fraction of sp³-hybridized carbons (Fsp3) is 0.875. The molecule has 18 heavy (non-hydrogen) atoms. The van der Waals surface area contributed by atoms with Crippen LogP contribution in [0.5, 0.6) is 0 Å². The molecule has 2 nitrogen and oxygen atoms in total. The minimum atomic E-state index is 0.419. The van der Waals surface area contributed by atoms with Crippen LogP contribution in [0.3, 0.4) is 0 Å². The highest BCUT2D eigenvalue weighted by molar-refractivity contribution is 5.78. The molecule has 0 unspecified atom stereocenters. The molecule has 0 radical (unpaired) electrons. The third kappa shape index (κ3) is 11.8. The molecule has 0 saturated carbocycles. The van der Waals surface area contributed by atoms with E-state index in [4.69, 9.17) is 0 Å². The van der Waals surface area contributed by atoms with Crippen LogP contribution in [-0.4, -0.2) is 11.6 Å². The Hall–Kier alpha value is -0.660. The highest BCUT2D eigenvalue weighted by Crippen LogP contribution is 2.10. The predicted octanol–water partition coefficient (Wildman–Crippen LogP) is 4.85. The van der Waals surface area contributed by atoms with Crippen LogP contribution in [0.1, 0.15) is 90.9 Å². The van der Waals surface area contributed by atoms with Crippen molar-refractivity contribution >= 4 is 11.6 Å². The molecule has 0 N–H and O–H groups in total. The molecule has 2 heteroatoms. The summed E-state index contributed by atoms with van der Waals surface area (Å²) in [5.41, 5.74) is 0. The number of carbonyl (C=O) groups is 2. The molecule has 0 spiro atoms. The lowest BCUT2D eigenvalue weighted by atomic mass is 10.0. The Bertz CT molecular complexity index is 197. The van der Waals surface area contributed by atoms with Gasteiger partial charge < -0.3 is 0 Å². The number of hydrogen-bond donors (Lipinski definition) is 0. The third-order valence-corrected chi connectivity index (χ3v) is 3.22. The van der Waals surface area contributed by atoms with Crippen LogP contribution in [0.2, 0.25) is 0 Å². The summed E-state index contributed by atoms with van der Waals surface area (Å²) in [5.74, 6) is 0.838. The topological polar surface area (TPSA) is 34.1 Å². The van der Waals surface area contributed by atoms with Crippen molar-refractivity contribution in [2.45, 2.75) is 90.9 Å². The fourth-order valence-electron chi connectivity index (χ4n) is 2.16. The maximum atomic E-state index is 11.3. The van der Waals surface area contributed by atoms with Crippen LogP contribution in [0.4, 0.5) is 0 Å². The van der Waals surface area contributed by atoms with E-state index in [-0.39, 0.29) is 0 Å². The smallest absolute Gasteiger partial charge is 0.132 e. The lowest BCUT2D eigenvalue weighted by Crippen LogP contribution is -1.97. The molecule has 0 bridgehead atoms. The zero-order valence-electron chi connectivity index (χ0n) is 12.3. The quantitative estimate of drug-likeness (QED) is 0.440. The Morgan fingerprint density at radius 2 is 0.889 bits per heavy atom. The number of hydrogen-bond acceptors (Lipinski definition) is 2. The Morgan fingerprint density at radius 3 is 1.22 bits per heavy atom. The largest absolute Gasteiger partial charge is 0.300 e. The van der Waals surface area contributed by atoms with Crippen molar-refractivity contribution in [3.05, 3.63) is 0 Å². The van der Waals surface area contributed by atoms with Gasteiger partial charge in [0.1, 0.15) is 11.6 Å². The Balaban J connectivity index is 3.16. The molecular weight excluding hydrogens is 224 g/mol. The zero-order chi connectivity index (χ0) is 13.6. The van der Waals surface area contributed by atoms with Gasteiger partial charge in [-0.2, -0.15) is 0 Å². The van der Waals surface area contributed by atoms with Gasteiger partial charge in [-0.05, 0) is 25.7 Å². The molecule has 106 valence electrons. The average molecular weight is 254 g/mol. The van der Waals surface area contributed by atoms with Gasteiger partial charge in [-0.15, -0.1) is 0 Å². The molecule has 0 aliphatic rings. The molecule has 0 heterocycles. The predicted molar refractivity (Wildman–Crippen MR) is 76.8 cm³/mol. The zero-order valence-corrected chi connectivity index (χ0v) is 12.3. The maximum absolute atomic E-state index is 11.3. The molecule has 0 atom stereocenters. The molecule has 0 rings (SSSR count). The van der Waals surface area contributed by atoms with Gasteiger partial charge in [0.25, 0.3) is 0 Å². The van der Waals surface area contributed by atoms with Crippen molar-refractivity contribution in [2.75, 3.05) is 0 Å². The van der Waals surface area contributed by atoms with Gasteiger partial charge >= 0.3 is 0 Å². The summed E-state index contributed by atoms with van der Waals surface area (Å²) in [4.78, 5) is 22.6. The Morgan fingerprint density at radius 1 is 0.556 bits per heavy atom. The lowest BCUT2D eigenvalue weighted by Gasteiger charge is -2.02. The first kappa shape index (κ1) is 17.3. The highest BCUT2D eigenvalue weighted by Gasteiger charge is 2.01. The monoisotopic (exact) mass is 254 g/mol. The van der Waals surface area contributed by atoms with E-state index in [2.05, 4.69) is 13.8 Å². The van der Waals surface area contributed by atoms with E-state index in [9.17, 15) is 9.59 Å². The van der Waals surface area contributed by atoms with Gasteiger partial charge in [0, 0.05) is 25.7 Å². The second kappa shape index (κ2) is 12.8. The Labute approximate surface area is 113 Å². The van der Waals surface area contributed by atoms with Crippen LogP contribution in [0.15, 0.2) is 0 Å². The van der Waals surface area contributed by atoms with Crippen molar-refractivity contribution in [3.63, 3.8) is 0 Å². The first-order valence-corrected chi connectivity index (χ1v) is 7.74. The number of unbranched alkanes of at least 4 members (excludes halogenated alkanes) is 5. The van der Waals surface area contributed by atoms with E-state index >= 15 is 0 Å². The molecular formula is C16H30O2. The summed E-state index contributed by atoms with van der Waals surface area (Å²) in [6.07, 6.45) is 11.8. The summed E-state index contributed by atoms with van der Waals surface area (Å²) in [5, 5.41) is 0. The van der Waals surface area contributed by atoms with Crippen LogP contribution >= 0.6 is 0 Å². The average Bonchev–Trinajstić information content (AvgIpc) is 2.33. The minimum Gasteiger partial charge on any atom is -0.300 e. The molecule has 0 aromatic carbocycles. The van der Waals surface area contributed by atoms with Crippen molar-refractivity contribution in [1.82, 2.24) is 0 Å². The normalized spacial score (nSPS) is 10.6. The Kier molecular flexibility index (Phi) is 12.3. The molecule has 0 aliphatic carbocycles. The van der Waals surface area contributed by atoms with E-state index in [1.807, 2.05) is 0 Å². The summed E-state index contributed by atoms with van der Waals surface area (Å²) in [6, 6.07) is 0. The number of rotatable bonds is 13. The van der Waals surface area contributed by atoms with Gasteiger partial charge in [0.05, 0.1) is 0 Å². The van der Waals surface area contributed by atoms with E-state index in [1.54, 1.807) is 0 Å². The summed E-state index contributed by atoms with van der Waals surface area (Å²) >= 11 is 0. The van der Waals surface area contributed by atoms with E-state index in [0.29, 0.717) is 11.6 Å². The van der Waals surface area contributed by atoms with Crippen LogP contribution in [0.25, 0.3) is 0 Å². The van der Waals surface area contributed by atoms with Crippen LogP contribution in [0, 0.1) is 0 Å². The van der Waals surface area contributed by atoms with E-state index < -0.39 is 0 Å². The first-order valence-electron chi connectivity index (χ1n) is 7.74. The van der Waals surface area contributed by atoms with Crippen LogP contribution in [-0.2, 0) is 9.59 Å². The number of Topliss-reactive ketones (excluding diaryl/α,β-unsaturated/α-hetero) is 2. The van der Waals surface area contributed by atoms with Crippen LogP contribution < -0.4 is 0 Å². The van der Waals surface area contributed by atoms with E-state index in [1.165, 1.54) is 25.7 Å². The van der Waals surface area contributed by atoms with Gasteiger partial charge in [0.2, 0.25) is 0 Å². The molecule has 0 aliphatic heterocycles. The summed E-state index contributed by atoms with van der Waals surface area (Å²) < 4.78 is 0. The van der Waals surface area contributed by atoms with Crippen molar-refractivity contribution in [1.29, 1.82) is 0 Å². The molecule has 0 saturated heterocycles. The van der Waals surface area contributed by atoms with E-state index in [0.717, 1.165) is 51.4 Å². The standard InChI is InChI=1S/C16H30O2/c1-3-11-15(17)13-9-7-5-6-8-10-14-16(18)12-4-2/h3-14H2,1-2H3. The first-order chi connectivity index (χ1) is 8.70. The third-order valence-electron chi connectivity index (χ3n) is 3.22. The van der Waals surface area contributed by atoms with Gasteiger partial charge in [-0.1, -0.05) is 39.5 Å². The summed E-state index contributed by atoms with van der Waals surface area (Å²) in [6.45, 7) is 4.11. The molecule has 0 aromatic rings.